The van der Waals surface area contributed by atoms with Gasteiger partial charge < -0.3 is 19.6 Å². The molecule has 2 amide bonds. The molecule has 3 aliphatic rings. The van der Waals surface area contributed by atoms with Crippen LogP contribution >= 0.6 is 0 Å². The van der Waals surface area contributed by atoms with Crippen LogP contribution in [0.25, 0.3) is 0 Å². The number of amides is 2. The topological polar surface area (TPSA) is 47.1 Å². The predicted octanol–water partition coefficient (Wildman–Crippen LogP) is 2.48. The molecule has 32 heavy (non-hydrogen) atoms. The summed E-state index contributed by atoms with van der Waals surface area (Å²) in [6, 6.07) is 11.1. The summed E-state index contributed by atoms with van der Waals surface area (Å²) in [5.41, 5.74) is 1.44. The fraction of sp³-hybridized carbons (Fsp3) is 0.692. The fourth-order valence-corrected chi connectivity index (χ4v) is 5.72. The van der Waals surface area contributed by atoms with Crippen molar-refractivity contribution in [3.8, 4) is 0 Å². The maximum Gasteiger partial charge on any atom is 0.244 e. The summed E-state index contributed by atoms with van der Waals surface area (Å²) in [6.45, 7) is 8.82. The lowest BCUT2D eigenvalue weighted by Gasteiger charge is -2.43. The molecular weight excluding hydrogens is 400 g/mol. The summed E-state index contributed by atoms with van der Waals surface area (Å²) >= 11 is 0. The van der Waals surface area contributed by atoms with Gasteiger partial charge in [-0.2, -0.15) is 0 Å². The number of benzene rings is 1. The lowest BCUT2D eigenvalue weighted by atomic mass is 9.91. The maximum atomic E-state index is 13.1. The highest BCUT2D eigenvalue weighted by Crippen LogP contribution is 2.26. The second kappa shape index (κ2) is 10.8. The molecule has 6 nitrogen and oxygen atoms in total. The Morgan fingerprint density at radius 1 is 0.938 bits per heavy atom. The molecule has 3 saturated heterocycles. The van der Waals surface area contributed by atoms with Crippen LogP contribution in [0, 0.1) is 5.92 Å². The molecule has 3 aliphatic heterocycles. The van der Waals surface area contributed by atoms with E-state index in [4.69, 9.17) is 0 Å². The van der Waals surface area contributed by atoms with E-state index in [1.54, 1.807) is 4.90 Å². The normalized spacial score (nSPS) is 24.8. The van der Waals surface area contributed by atoms with Crippen molar-refractivity contribution >= 4 is 11.8 Å². The summed E-state index contributed by atoms with van der Waals surface area (Å²) in [5, 5.41) is 0. The zero-order chi connectivity index (χ0) is 22.5. The molecule has 0 aromatic heterocycles. The van der Waals surface area contributed by atoms with E-state index in [-0.39, 0.29) is 23.8 Å². The maximum absolute atomic E-state index is 13.1. The van der Waals surface area contributed by atoms with Crippen LogP contribution in [0.5, 0.6) is 0 Å². The molecule has 0 saturated carbocycles. The molecule has 1 aromatic carbocycles. The average Bonchev–Trinajstić information content (AvgIpc) is 2.83. The Morgan fingerprint density at radius 3 is 2.31 bits per heavy atom. The third-order valence-corrected chi connectivity index (χ3v) is 7.90. The van der Waals surface area contributed by atoms with Crippen LogP contribution in [0.4, 0.5) is 0 Å². The summed E-state index contributed by atoms with van der Waals surface area (Å²) in [6.07, 6.45) is 6.75. The quantitative estimate of drug-likeness (QED) is 0.682. The molecule has 6 heteroatoms. The third-order valence-electron chi connectivity index (χ3n) is 7.90. The molecule has 1 aromatic rings. The SMILES string of the molecule is C[C@H]1C(=O)N(C)CCN1C(=O)C1CCN(C2CCN(CCCc3ccccc3)CC2)CC1. The van der Waals surface area contributed by atoms with E-state index in [2.05, 4.69) is 40.1 Å². The van der Waals surface area contributed by atoms with Crippen molar-refractivity contribution < 1.29 is 9.59 Å². The van der Waals surface area contributed by atoms with Gasteiger partial charge in [-0.05, 0) is 83.7 Å². The van der Waals surface area contributed by atoms with Crippen molar-refractivity contribution in [3.05, 3.63) is 35.9 Å². The first kappa shape index (κ1) is 23.2. The van der Waals surface area contributed by atoms with E-state index in [0.29, 0.717) is 19.1 Å². The Hall–Kier alpha value is -1.92. The number of rotatable bonds is 6. The van der Waals surface area contributed by atoms with Gasteiger partial charge in [0.1, 0.15) is 6.04 Å². The zero-order valence-electron chi connectivity index (χ0n) is 19.9. The van der Waals surface area contributed by atoms with Crippen LogP contribution in [0.3, 0.4) is 0 Å². The number of carbonyl (C=O) groups excluding carboxylic acids is 2. The van der Waals surface area contributed by atoms with Crippen LogP contribution in [0.2, 0.25) is 0 Å². The van der Waals surface area contributed by atoms with E-state index in [1.165, 1.54) is 50.9 Å². The van der Waals surface area contributed by atoms with E-state index in [9.17, 15) is 9.59 Å². The van der Waals surface area contributed by atoms with Crippen LogP contribution in [-0.4, -0.2) is 96.4 Å². The number of likely N-dealkylation sites (N-methyl/N-ethyl adjacent to an activating group) is 1. The molecule has 4 rings (SSSR count). The van der Waals surface area contributed by atoms with E-state index < -0.39 is 0 Å². The Bertz CT molecular complexity index is 754. The number of nitrogens with zero attached hydrogens (tertiary/aromatic N) is 4. The van der Waals surface area contributed by atoms with E-state index in [0.717, 1.165) is 25.9 Å². The minimum absolute atomic E-state index is 0.0672. The number of likely N-dealkylation sites (tertiary alicyclic amines) is 2. The first-order chi connectivity index (χ1) is 15.5. The molecule has 3 fully saturated rings. The Kier molecular flexibility index (Phi) is 7.84. The molecule has 1 atom stereocenters. The van der Waals surface area contributed by atoms with Gasteiger partial charge in [0.25, 0.3) is 0 Å². The number of hydrogen-bond acceptors (Lipinski definition) is 4. The van der Waals surface area contributed by atoms with Gasteiger partial charge in [-0.3, -0.25) is 9.59 Å². The lowest BCUT2D eigenvalue weighted by molar-refractivity contribution is -0.152. The first-order valence-electron chi connectivity index (χ1n) is 12.6. The van der Waals surface area contributed by atoms with Gasteiger partial charge in [-0.15, -0.1) is 0 Å². The summed E-state index contributed by atoms with van der Waals surface area (Å²) < 4.78 is 0. The summed E-state index contributed by atoms with van der Waals surface area (Å²) in [4.78, 5) is 34.2. The smallest absolute Gasteiger partial charge is 0.244 e. The van der Waals surface area contributed by atoms with Crippen molar-refractivity contribution in [1.29, 1.82) is 0 Å². The monoisotopic (exact) mass is 440 g/mol. The van der Waals surface area contributed by atoms with E-state index >= 15 is 0 Å². The number of piperazine rings is 1. The van der Waals surface area contributed by atoms with Crippen molar-refractivity contribution in [1.82, 2.24) is 19.6 Å². The highest BCUT2D eigenvalue weighted by Gasteiger charge is 2.37. The highest BCUT2D eigenvalue weighted by atomic mass is 16.2. The molecule has 0 unspecified atom stereocenters. The molecular formula is C26H40N4O2. The molecule has 0 radical (unpaired) electrons. The van der Waals surface area contributed by atoms with Crippen LogP contribution in [0.1, 0.15) is 44.6 Å². The van der Waals surface area contributed by atoms with Crippen molar-refractivity contribution in [2.45, 2.75) is 57.5 Å². The van der Waals surface area contributed by atoms with Gasteiger partial charge >= 0.3 is 0 Å². The van der Waals surface area contributed by atoms with Crippen LogP contribution < -0.4 is 0 Å². The summed E-state index contributed by atoms with van der Waals surface area (Å²) in [7, 11) is 1.83. The largest absolute Gasteiger partial charge is 0.342 e. The summed E-state index contributed by atoms with van der Waals surface area (Å²) in [5.74, 6) is 0.354. The van der Waals surface area contributed by atoms with Gasteiger partial charge in [0.15, 0.2) is 0 Å². The number of hydrogen-bond donors (Lipinski definition) is 0. The Morgan fingerprint density at radius 2 is 1.62 bits per heavy atom. The van der Waals surface area contributed by atoms with Gasteiger partial charge in [0, 0.05) is 32.1 Å². The Labute approximate surface area is 193 Å². The molecule has 0 spiro atoms. The van der Waals surface area contributed by atoms with Gasteiger partial charge in [0.2, 0.25) is 11.8 Å². The molecule has 176 valence electrons. The molecule has 0 N–H and O–H groups in total. The van der Waals surface area contributed by atoms with Gasteiger partial charge in [0.05, 0.1) is 0 Å². The first-order valence-corrected chi connectivity index (χ1v) is 12.6. The zero-order valence-corrected chi connectivity index (χ0v) is 19.9. The van der Waals surface area contributed by atoms with Crippen molar-refractivity contribution in [2.24, 2.45) is 5.92 Å². The molecule has 0 aliphatic carbocycles. The second-order valence-electron chi connectivity index (χ2n) is 9.94. The van der Waals surface area contributed by atoms with Crippen molar-refractivity contribution in [2.75, 3.05) is 52.9 Å². The molecule has 3 heterocycles. The third kappa shape index (κ3) is 5.52. The average molecular weight is 441 g/mol. The lowest BCUT2D eigenvalue weighted by Crippen LogP contribution is -2.58. The van der Waals surface area contributed by atoms with Gasteiger partial charge in [-0.25, -0.2) is 0 Å². The van der Waals surface area contributed by atoms with Crippen LogP contribution in [-0.2, 0) is 16.0 Å². The minimum Gasteiger partial charge on any atom is -0.342 e. The van der Waals surface area contributed by atoms with Crippen LogP contribution in [0.15, 0.2) is 30.3 Å². The number of piperidine rings is 2. The van der Waals surface area contributed by atoms with Gasteiger partial charge in [-0.1, -0.05) is 30.3 Å². The molecule has 0 bridgehead atoms. The van der Waals surface area contributed by atoms with Crippen molar-refractivity contribution in [3.63, 3.8) is 0 Å². The van der Waals surface area contributed by atoms with E-state index in [1.807, 2.05) is 18.9 Å². The predicted molar refractivity (Wildman–Crippen MR) is 127 cm³/mol. The number of aryl methyl sites for hydroxylation is 1. The second-order valence-corrected chi connectivity index (χ2v) is 9.94. The minimum atomic E-state index is -0.314. The standard InChI is InChI=1S/C26H40N4O2/c1-21-25(31)27(2)19-20-30(21)26(32)23-10-17-29(18-11-23)24-12-15-28(16-13-24)14-6-9-22-7-4-3-5-8-22/h3-5,7-8,21,23-24H,6,9-20H2,1-2H3/t21-/m0/s1. The Balaban J connectivity index is 1.16. The number of carbonyl (C=O) groups is 2. The fourth-order valence-electron chi connectivity index (χ4n) is 5.72. The highest BCUT2D eigenvalue weighted by molar-refractivity contribution is 5.89.